The Bertz CT molecular complexity index is 1030. The average Bonchev–Trinajstić information content (AvgIpc) is 2.75. The summed E-state index contributed by atoms with van der Waals surface area (Å²) in [6.45, 7) is 6.23. The molecule has 4 rings (SSSR count). The molecule has 1 saturated heterocycles. The quantitative estimate of drug-likeness (QED) is 0.455. The molecule has 0 N–H and O–H groups in total. The summed E-state index contributed by atoms with van der Waals surface area (Å²) in [7, 11) is 0. The van der Waals surface area contributed by atoms with Crippen LogP contribution in [0.1, 0.15) is 11.4 Å². The molecule has 3 heterocycles. The normalized spacial score (nSPS) is 14.7. The van der Waals surface area contributed by atoms with Gasteiger partial charge in [-0.1, -0.05) is 11.6 Å². The number of hydrogen-bond acceptors (Lipinski definition) is 7. The molecule has 0 spiro atoms. The van der Waals surface area contributed by atoms with E-state index in [1.165, 1.54) is 12.1 Å². The van der Waals surface area contributed by atoms with E-state index < -0.39 is 4.92 Å². The second-order valence-electron chi connectivity index (χ2n) is 7.23. The summed E-state index contributed by atoms with van der Waals surface area (Å²) in [5.74, 6) is 1.45. The number of aryl methyl sites for hydroxylation is 1. The van der Waals surface area contributed by atoms with Crippen LogP contribution in [0.15, 0.2) is 48.7 Å². The van der Waals surface area contributed by atoms with Crippen molar-refractivity contribution >= 4 is 23.1 Å². The highest BCUT2D eigenvalue weighted by Crippen LogP contribution is 2.23. The lowest BCUT2D eigenvalue weighted by Gasteiger charge is -2.35. The van der Waals surface area contributed by atoms with Gasteiger partial charge in [-0.3, -0.25) is 20.0 Å². The van der Waals surface area contributed by atoms with Crippen molar-refractivity contribution in [1.29, 1.82) is 0 Å². The van der Waals surface area contributed by atoms with E-state index in [4.69, 9.17) is 16.6 Å². The van der Waals surface area contributed by atoms with Gasteiger partial charge in [0.25, 0.3) is 5.69 Å². The first-order chi connectivity index (χ1) is 14.5. The van der Waals surface area contributed by atoms with Gasteiger partial charge in [0.05, 0.1) is 15.6 Å². The molecule has 0 radical (unpaired) electrons. The standard InChI is InChI=1S/C21H21ClN6O2/c1-15-12-20(25-21(24-15)16-2-6-19(7-3-16)28(29)30)27-10-8-26(9-11-27)14-18-5-4-17(22)13-23-18/h2-7,12-13H,8-11,14H2,1H3. The maximum Gasteiger partial charge on any atom is 0.269 e. The first-order valence-electron chi connectivity index (χ1n) is 9.66. The molecule has 0 bridgehead atoms. The fraction of sp³-hybridized carbons (Fsp3) is 0.286. The van der Waals surface area contributed by atoms with Crippen LogP contribution in [0.2, 0.25) is 5.02 Å². The van der Waals surface area contributed by atoms with Crippen LogP contribution in [-0.2, 0) is 6.54 Å². The number of non-ortho nitro benzene ring substituents is 1. The summed E-state index contributed by atoms with van der Waals surface area (Å²) in [5, 5.41) is 11.5. The summed E-state index contributed by atoms with van der Waals surface area (Å²) in [6, 6.07) is 12.1. The number of aromatic nitrogens is 3. The van der Waals surface area contributed by atoms with Crippen LogP contribution in [0.25, 0.3) is 11.4 Å². The fourth-order valence-electron chi connectivity index (χ4n) is 3.44. The van der Waals surface area contributed by atoms with Crippen LogP contribution in [0.4, 0.5) is 11.5 Å². The third-order valence-corrected chi connectivity index (χ3v) is 5.27. The highest BCUT2D eigenvalue weighted by molar-refractivity contribution is 6.30. The minimum atomic E-state index is -0.411. The van der Waals surface area contributed by atoms with E-state index in [0.29, 0.717) is 10.8 Å². The molecule has 9 heteroatoms. The Morgan fingerprint density at radius 1 is 1.07 bits per heavy atom. The van der Waals surface area contributed by atoms with E-state index in [9.17, 15) is 10.1 Å². The zero-order valence-electron chi connectivity index (χ0n) is 16.5. The lowest BCUT2D eigenvalue weighted by atomic mass is 10.2. The number of nitro benzene ring substituents is 1. The van der Waals surface area contributed by atoms with E-state index in [2.05, 4.69) is 19.8 Å². The second-order valence-corrected chi connectivity index (χ2v) is 7.66. The predicted molar refractivity (Wildman–Crippen MR) is 116 cm³/mol. The third kappa shape index (κ3) is 4.72. The Labute approximate surface area is 179 Å². The van der Waals surface area contributed by atoms with E-state index in [-0.39, 0.29) is 5.69 Å². The predicted octanol–water partition coefficient (Wildman–Crippen LogP) is 3.73. The zero-order valence-corrected chi connectivity index (χ0v) is 17.3. The van der Waals surface area contributed by atoms with Gasteiger partial charge in [0.2, 0.25) is 0 Å². The van der Waals surface area contributed by atoms with Gasteiger partial charge in [0, 0.05) is 68.4 Å². The van der Waals surface area contributed by atoms with Crippen molar-refractivity contribution in [1.82, 2.24) is 19.9 Å². The molecular formula is C21H21ClN6O2. The van der Waals surface area contributed by atoms with E-state index in [0.717, 1.165) is 55.5 Å². The van der Waals surface area contributed by atoms with Crippen LogP contribution in [0, 0.1) is 17.0 Å². The summed E-state index contributed by atoms with van der Waals surface area (Å²) in [6.07, 6.45) is 1.68. The molecule has 8 nitrogen and oxygen atoms in total. The van der Waals surface area contributed by atoms with Crippen LogP contribution in [-0.4, -0.2) is 51.0 Å². The lowest BCUT2D eigenvalue weighted by molar-refractivity contribution is -0.384. The molecule has 0 aliphatic carbocycles. The minimum Gasteiger partial charge on any atom is -0.354 e. The SMILES string of the molecule is Cc1cc(N2CCN(Cc3ccc(Cl)cn3)CC2)nc(-c2ccc([N+](=O)[O-])cc2)n1. The Balaban J connectivity index is 1.44. The molecule has 1 aliphatic heterocycles. The summed E-state index contributed by atoms with van der Waals surface area (Å²) >= 11 is 5.91. The molecule has 0 amide bonds. The molecule has 1 fully saturated rings. The highest BCUT2D eigenvalue weighted by Gasteiger charge is 2.20. The van der Waals surface area contributed by atoms with Crippen molar-refractivity contribution in [3.63, 3.8) is 0 Å². The van der Waals surface area contributed by atoms with Crippen molar-refractivity contribution in [2.24, 2.45) is 0 Å². The monoisotopic (exact) mass is 424 g/mol. The van der Waals surface area contributed by atoms with Crippen molar-refractivity contribution < 1.29 is 4.92 Å². The number of pyridine rings is 1. The molecule has 1 aromatic carbocycles. The Hall–Kier alpha value is -3.10. The van der Waals surface area contributed by atoms with Crippen molar-refractivity contribution in [2.75, 3.05) is 31.1 Å². The second kappa shape index (κ2) is 8.73. The van der Waals surface area contributed by atoms with Crippen molar-refractivity contribution in [2.45, 2.75) is 13.5 Å². The van der Waals surface area contributed by atoms with E-state index in [1.54, 1.807) is 18.3 Å². The zero-order chi connectivity index (χ0) is 21.1. The van der Waals surface area contributed by atoms with Gasteiger partial charge in [-0.15, -0.1) is 0 Å². The number of nitrogens with zero attached hydrogens (tertiary/aromatic N) is 6. The summed E-state index contributed by atoms with van der Waals surface area (Å²) in [5.41, 5.74) is 2.68. The van der Waals surface area contributed by atoms with Gasteiger partial charge in [-0.2, -0.15) is 0 Å². The average molecular weight is 425 g/mol. The first kappa shape index (κ1) is 20.2. The van der Waals surface area contributed by atoms with Gasteiger partial charge in [0.1, 0.15) is 5.82 Å². The molecule has 30 heavy (non-hydrogen) atoms. The van der Waals surface area contributed by atoms with Crippen LogP contribution < -0.4 is 4.90 Å². The third-order valence-electron chi connectivity index (χ3n) is 5.05. The Kier molecular flexibility index (Phi) is 5.87. The largest absolute Gasteiger partial charge is 0.354 e. The number of anilines is 1. The molecule has 0 saturated carbocycles. The first-order valence-corrected chi connectivity index (χ1v) is 10.0. The van der Waals surface area contributed by atoms with Crippen molar-refractivity contribution in [3.05, 3.63) is 75.2 Å². The molecule has 2 aromatic heterocycles. The van der Waals surface area contributed by atoms with Crippen molar-refractivity contribution in [3.8, 4) is 11.4 Å². The van der Waals surface area contributed by atoms with Gasteiger partial charge >= 0.3 is 0 Å². The van der Waals surface area contributed by atoms with Gasteiger partial charge in [0.15, 0.2) is 5.82 Å². The smallest absolute Gasteiger partial charge is 0.269 e. The lowest BCUT2D eigenvalue weighted by Crippen LogP contribution is -2.46. The topological polar surface area (TPSA) is 88.3 Å². The molecule has 0 unspecified atom stereocenters. The van der Waals surface area contributed by atoms with E-state index in [1.807, 2.05) is 25.1 Å². The highest BCUT2D eigenvalue weighted by atomic mass is 35.5. The summed E-state index contributed by atoms with van der Waals surface area (Å²) in [4.78, 5) is 28.7. The number of nitro groups is 1. The molecule has 1 aliphatic rings. The van der Waals surface area contributed by atoms with Crippen LogP contribution in [0.5, 0.6) is 0 Å². The van der Waals surface area contributed by atoms with Gasteiger partial charge < -0.3 is 4.90 Å². The van der Waals surface area contributed by atoms with E-state index >= 15 is 0 Å². The fourth-order valence-corrected chi connectivity index (χ4v) is 3.55. The number of hydrogen-bond donors (Lipinski definition) is 0. The maximum absolute atomic E-state index is 10.9. The Morgan fingerprint density at radius 2 is 1.80 bits per heavy atom. The number of piperazine rings is 1. The Morgan fingerprint density at radius 3 is 2.43 bits per heavy atom. The molecule has 0 atom stereocenters. The molecular weight excluding hydrogens is 404 g/mol. The number of rotatable bonds is 5. The van der Waals surface area contributed by atoms with Gasteiger partial charge in [-0.25, -0.2) is 9.97 Å². The molecule has 3 aromatic rings. The number of halogens is 1. The van der Waals surface area contributed by atoms with Crippen LogP contribution in [0.3, 0.4) is 0 Å². The summed E-state index contributed by atoms with van der Waals surface area (Å²) < 4.78 is 0. The minimum absolute atomic E-state index is 0.0536. The molecule has 154 valence electrons. The van der Waals surface area contributed by atoms with Gasteiger partial charge in [-0.05, 0) is 31.2 Å². The van der Waals surface area contributed by atoms with Crippen LogP contribution >= 0.6 is 11.6 Å². The number of benzene rings is 1. The maximum atomic E-state index is 10.9.